The zero-order chi connectivity index (χ0) is 15.9. The molecule has 0 fully saturated rings. The van der Waals surface area contributed by atoms with Gasteiger partial charge in [0.15, 0.2) is 0 Å². The number of carbonyl (C=O) groups is 3. The molecule has 0 N–H and O–H groups in total. The van der Waals surface area contributed by atoms with Crippen molar-refractivity contribution in [3.05, 3.63) is 23.8 Å². The van der Waals surface area contributed by atoms with Gasteiger partial charge in [0.2, 0.25) is 0 Å². The van der Waals surface area contributed by atoms with Crippen LogP contribution in [0.3, 0.4) is 0 Å². The monoisotopic (exact) mass is 292 g/mol. The number of ether oxygens (including phenoxy) is 1. The molecule has 21 heavy (non-hydrogen) atoms. The van der Waals surface area contributed by atoms with Crippen molar-refractivity contribution in [2.45, 2.75) is 46.0 Å². The highest BCUT2D eigenvalue weighted by Gasteiger charge is 2.36. The zero-order valence-corrected chi connectivity index (χ0v) is 12.9. The molecule has 1 aliphatic rings. The lowest BCUT2D eigenvalue weighted by molar-refractivity contribution is -0.140. The largest absolute Gasteiger partial charge is 0.462 e. The van der Waals surface area contributed by atoms with Gasteiger partial charge in [-0.1, -0.05) is 25.2 Å². The number of allylic oxidation sites excluding steroid dienone is 2. The molecule has 0 amide bonds. The van der Waals surface area contributed by atoms with Crippen molar-refractivity contribution in [2.75, 3.05) is 6.61 Å². The molecule has 0 aromatic rings. The van der Waals surface area contributed by atoms with Crippen molar-refractivity contribution in [3.8, 4) is 0 Å². The van der Waals surface area contributed by atoms with Gasteiger partial charge in [0.1, 0.15) is 12.6 Å². The van der Waals surface area contributed by atoms with Crippen LogP contribution in [0.4, 0.5) is 0 Å². The second-order valence-corrected chi connectivity index (χ2v) is 5.77. The van der Waals surface area contributed by atoms with Gasteiger partial charge in [0, 0.05) is 23.8 Å². The van der Waals surface area contributed by atoms with Gasteiger partial charge in [-0.05, 0) is 32.1 Å². The summed E-state index contributed by atoms with van der Waals surface area (Å²) >= 11 is 0. The minimum atomic E-state index is -0.360. The van der Waals surface area contributed by atoms with Gasteiger partial charge < -0.3 is 14.3 Å². The van der Waals surface area contributed by atoms with Crippen molar-refractivity contribution < 1.29 is 19.1 Å². The van der Waals surface area contributed by atoms with E-state index >= 15 is 0 Å². The molecule has 0 heterocycles. The van der Waals surface area contributed by atoms with Crippen LogP contribution >= 0.6 is 0 Å². The maximum atomic E-state index is 12.2. The van der Waals surface area contributed by atoms with Gasteiger partial charge in [0.25, 0.3) is 0 Å². The van der Waals surface area contributed by atoms with E-state index in [2.05, 4.69) is 6.58 Å². The third-order valence-corrected chi connectivity index (χ3v) is 4.25. The number of esters is 1. The standard InChI is InChI=1S/C17H24O4/c1-13(2)17(7-4-9-18)8-6-14(3)15(12-17)16(20)21-11-5-10-19/h9-10,12,14H,1,4-8,11H2,2-3H3. The Morgan fingerprint density at radius 2 is 2.10 bits per heavy atom. The van der Waals surface area contributed by atoms with Gasteiger partial charge in [-0.2, -0.15) is 0 Å². The van der Waals surface area contributed by atoms with Gasteiger partial charge in [-0.15, -0.1) is 0 Å². The van der Waals surface area contributed by atoms with Gasteiger partial charge >= 0.3 is 5.97 Å². The van der Waals surface area contributed by atoms with E-state index in [-0.39, 0.29) is 30.3 Å². The molecule has 4 heteroatoms. The summed E-state index contributed by atoms with van der Waals surface area (Å²) in [6, 6.07) is 0. The molecular weight excluding hydrogens is 268 g/mol. The predicted molar refractivity (Wildman–Crippen MR) is 80.7 cm³/mol. The fourth-order valence-electron chi connectivity index (χ4n) is 2.75. The first-order valence-corrected chi connectivity index (χ1v) is 7.40. The summed E-state index contributed by atoms with van der Waals surface area (Å²) in [4.78, 5) is 33.1. The number of hydrogen-bond donors (Lipinski definition) is 0. The maximum absolute atomic E-state index is 12.2. The topological polar surface area (TPSA) is 60.4 Å². The summed E-state index contributed by atoms with van der Waals surface area (Å²) in [5.41, 5.74) is 1.31. The molecule has 4 nitrogen and oxygen atoms in total. The second kappa shape index (κ2) is 7.91. The average molecular weight is 292 g/mol. The third kappa shape index (κ3) is 4.38. The maximum Gasteiger partial charge on any atom is 0.333 e. The number of aldehydes is 2. The summed E-state index contributed by atoms with van der Waals surface area (Å²) < 4.78 is 5.13. The second-order valence-electron chi connectivity index (χ2n) is 5.77. The highest BCUT2D eigenvalue weighted by Crippen LogP contribution is 2.45. The summed E-state index contributed by atoms with van der Waals surface area (Å²) in [7, 11) is 0. The zero-order valence-electron chi connectivity index (χ0n) is 12.9. The quantitative estimate of drug-likeness (QED) is 0.298. The van der Waals surface area contributed by atoms with Crippen molar-refractivity contribution in [1.29, 1.82) is 0 Å². The van der Waals surface area contributed by atoms with Crippen LogP contribution in [0.5, 0.6) is 0 Å². The van der Waals surface area contributed by atoms with Gasteiger partial charge in [-0.25, -0.2) is 4.79 Å². The Morgan fingerprint density at radius 3 is 2.67 bits per heavy atom. The van der Waals surface area contributed by atoms with Crippen molar-refractivity contribution in [3.63, 3.8) is 0 Å². The summed E-state index contributed by atoms with van der Waals surface area (Å²) in [5.74, 6) is -0.238. The first kappa shape index (κ1) is 17.3. The molecule has 0 aliphatic heterocycles. The van der Waals surface area contributed by atoms with Crippen molar-refractivity contribution in [1.82, 2.24) is 0 Å². The molecule has 0 saturated carbocycles. The normalized spacial score (nSPS) is 24.9. The van der Waals surface area contributed by atoms with Crippen LogP contribution in [-0.4, -0.2) is 25.1 Å². The highest BCUT2D eigenvalue weighted by atomic mass is 16.5. The van der Waals surface area contributed by atoms with Crippen LogP contribution in [0.15, 0.2) is 23.8 Å². The van der Waals surface area contributed by atoms with E-state index < -0.39 is 0 Å². The summed E-state index contributed by atoms with van der Waals surface area (Å²) in [5, 5.41) is 0. The average Bonchev–Trinajstić information content (AvgIpc) is 2.46. The Morgan fingerprint density at radius 1 is 1.43 bits per heavy atom. The molecule has 116 valence electrons. The lowest BCUT2D eigenvalue weighted by Gasteiger charge is -2.37. The molecule has 0 aromatic carbocycles. The number of hydrogen-bond acceptors (Lipinski definition) is 4. The minimum Gasteiger partial charge on any atom is -0.462 e. The Labute approximate surface area is 126 Å². The van der Waals surface area contributed by atoms with E-state index in [0.29, 0.717) is 18.4 Å². The Kier molecular flexibility index (Phi) is 6.53. The Hall–Kier alpha value is -1.71. The lowest BCUT2D eigenvalue weighted by Crippen LogP contribution is -2.29. The minimum absolute atomic E-state index is 0.112. The van der Waals surface area contributed by atoms with E-state index in [1.807, 2.05) is 19.9 Å². The van der Waals surface area contributed by atoms with Crippen LogP contribution in [0.1, 0.15) is 46.0 Å². The van der Waals surface area contributed by atoms with Crippen LogP contribution in [0.2, 0.25) is 0 Å². The number of carbonyl (C=O) groups excluding carboxylic acids is 3. The molecule has 0 radical (unpaired) electrons. The highest BCUT2D eigenvalue weighted by molar-refractivity contribution is 5.89. The molecule has 2 atom stereocenters. The van der Waals surface area contributed by atoms with E-state index in [1.54, 1.807) is 0 Å². The third-order valence-electron chi connectivity index (χ3n) is 4.25. The fourth-order valence-corrected chi connectivity index (χ4v) is 2.75. The van der Waals surface area contributed by atoms with Crippen LogP contribution in [-0.2, 0) is 19.1 Å². The van der Waals surface area contributed by atoms with Crippen molar-refractivity contribution >= 4 is 18.5 Å². The molecular formula is C17H24O4. The smallest absolute Gasteiger partial charge is 0.333 e. The van der Waals surface area contributed by atoms with E-state index in [0.717, 1.165) is 31.0 Å². The van der Waals surface area contributed by atoms with Crippen LogP contribution in [0.25, 0.3) is 0 Å². The summed E-state index contributed by atoms with van der Waals surface area (Å²) in [6.45, 7) is 8.08. The molecule has 1 rings (SSSR count). The lowest BCUT2D eigenvalue weighted by atomic mass is 9.67. The van der Waals surface area contributed by atoms with Crippen LogP contribution in [0, 0.1) is 11.3 Å². The first-order valence-electron chi connectivity index (χ1n) is 7.40. The fraction of sp³-hybridized carbons (Fsp3) is 0.588. The van der Waals surface area contributed by atoms with Gasteiger partial charge in [-0.3, -0.25) is 0 Å². The number of rotatable bonds is 8. The molecule has 1 aliphatic carbocycles. The molecule has 2 unspecified atom stereocenters. The van der Waals surface area contributed by atoms with E-state index in [4.69, 9.17) is 4.74 Å². The van der Waals surface area contributed by atoms with Gasteiger partial charge in [0.05, 0.1) is 6.61 Å². The van der Waals surface area contributed by atoms with Crippen LogP contribution < -0.4 is 0 Å². The van der Waals surface area contributed by atoms with E-state index in [1.165, 1.54) is 0 Å². The Balaban J connectivity index is 2.96. The molecule has 0 saturated heterocycles. The summed E-state index contributed by atoms with van der Waals surface area (Å²) in [6.07, 6.45) is 6.66. The van der Waals surface area contributed by atoms with E-state index in [9.17, 15) is 14.4 Å². The molecule has 0 spiro atoms. The predicted octanol–water partition coefficient (Wildman–Crippen LogP) is 3.02. The Bertz CT molecular complexity index is 450. The molecule has 0 bridgehead atoms. The van der Waals surface area contributed by atoms with Crippen molar-refractivity contribution in [2.24, 2.45) is 11.3 Å². The molecule has 0 aromatic heterocycles. The first-order chi connectivity index (χ1) is 9.96. The SMILES string of the molecule is C=C(C)C1(CCC=O)C=C(C(=O)OCCC=O)C(C)CC1.